The average Bonchev–Trinajstić information content (AvgIpc) is 2.42. The molecule has 0 saturated carbocycles. The Morgan fingerprint density at radius 2 is 1.75 bits per heavy atom. The molecule has 0 heterocycles. The molecule has 0 spiro atoms. The molecule has 0 aliphatic heterocycles. The summed E-state index contributed by atoms with van der Waals surface area (Å²) in [5, 5.41) is 5.90. The fourth-order valence-corrected chi connectivity index (χ4v) is 1.65. The van der Waals surface area contributed by atoms with Gasteiger partial charge in [0.2, 0.25) is 0 Å². The second-order valence-corrected chi connectivity index (χ2v) is 4.10. The van der Waals surface area contributed by atoms with Gasteiger partial charge in [-0.15, -0.1) is 12.4 Å². The fraction of sp³-hybridized carbons (Fsp3) is 0.429. The van der Waals surface area contributed by atoms with E-state index in [1.165, 1.54) is 6.92 Å². The second-order valence-electron chi connectivity index (χ2n) is 4.10. The number of carbonyl (C=O) groups is 2. The number of ether oxygens (including phenoxy) is 1. The number of hydrogen-bond acceptors (Lipinski definition) is 4. The Balaban J connectivity index is 0.00000361. The number of hydrogen-bond donors (Lipinski definition) is 2. The van der Waals surface area contributed by atoms with Crippen molar-refractivity contribution in [3.63, 3.8) is 0 Å². The van der Waals surface area contributed by atoms with Gasteiger partial charge < -0.3 is 15.4 Å². The highest BCUT2D eigenvalue weighted by Crippen LogP contribution is 2.09. The third kappa shape index (κ3) is 6.14. The van der Waals surface area contributed by atoms with Gasteiger partial charge in [-0.2, -0.15) is 0 Å². The molecule has 5 nitrogen and oxygen atoms in total. The molecular weight excluding hydrogens is 280 g/mol. The zero-order chi connectivity index (χ0) is 14.1. The van der Waals surface area contributed by atoms with E-state index < -0.39 is 0 Å². The lowest BCUT2D eigenvalue weighted by atomic mass is 10.0. The Kier molecular flexibility index (Phi) is 9.63. The van der Waals surface area contributed by atoms with Crippen LogP contribution in [0.2, 0.25) is 0 Å². The van der Waals surface area contributed by atoms with Crippen LogP contribution in [-0.2, 0) is 4.74 Å². The first-order valence-corrected chi connectivity index (χ1v) is 6.24. The number of Topliss-reactive ketones (excluding diaryl/α,β-unsaturated/α-hetero) is 1. The van der Waals surface area contributed by atoms with Gasteiger partial charge in [-0.05, 0) is 13.0 Å². The average molecular weight is 301 g/mol. The van der Waals surface area contributed by atoms with Gasteiger partial charge in [-0.3, -0.25) is 9.59 Å². The van der Waals surface area contributed by atoms with Gasteiger partial charge in [-0.25, -0.2) is 0 Å². The molecule has 0 unspecified atom stereocenters. The van der Waals surface area contributed by atoms with Crippen molar-refractivity contribution in [2.24, 2.45) is 0 Å². The van der Waals surface area contributed by atoms with Crippen molar-refractivity contribution in [2.75, 3.05) is 33.4 Å². The summed E-state index contributed by atoms with van der Waals surface area (Å²) in [6.07, 6.45) is 0. The third-order valence-corrected chi connectivity index (χ3v) is 2.62. The van der Waals surface area contributed by atoms with Crippen LogP contribution >= 0.6 is 12.4 Å². The van der Waals surface area contributed by atoms with Crippen LogP contribution in [0.5, 0.6) is 0 Å². The van der Waals surface area contributed by atoms with Crippen molar-refractivity contribution in [1.29, 1.82) is 0 Å². The van der Waals surface area contributed by atoms with Gasteiger partial charge in [0.15, 0.2) is 5.78 Å². The quantitative estimate of drug-likeness (QED) is 0.560. The maximum atomic E-state index is 11.9. The fourth-order valence-electron chi connectivity index (χ4n) is 1.65. The normalized spacial score (nSPS) is 9.70. The Labute approximate surface area is 125 Å². The molecule has 0 radical (unpaired) electrons. The SMILES string of the molecule is COCCNCCNC(=O)c1ccccc1C(C)=O.Cl. The molecule has 1 rings (SSSR count). The maximum Gasteiger partial charge on any atom is 0.252 e. The summed E-state index contributed by atoms with van der Waals surface area (Å²) < 4.78 is 4.89. The number of halogens is 1. The first-order chi connectivity index (χ1) is 9.16. The lowest BCUT2D eigenvalue weighted by Gasteiger charge is -2.09. The van der Waals surface area contributed by atoms with E-state index in [0.29, 0.717) is 30.8 Å². The van der Waals surface area contributed by atoms with Gasteiger partial charge >= 0.3 is 0 Å². The zero-order valence-corrected chi connectivity index (χ0v) is 12.6. The summed E-state index contributed by atoms with van der Waals surface area (Å²) in [4.78, 5) is 23.4. The van der Waals surface area contributed by atoms with Gasteiger partial charge in [-0.1, -0.05) is 18.2 Å². The van der Waals surface area contributed by atoms with Crippen LogP contribution in [-0.4, -0.2) is 45.0 Å². The molecule has 0 fully saturated rings. The van der Waals surface area contributed by atoms with Crippen LogP contribution in [0.1, 0.15) is 27.6 Å². The molecule has 1 amide bonds. The Morgan fingerprint density at radius 1 is 1.10 bits per heavy atom. The van der Waals surface area contributed by atoms with Crippen molar-refractivity contribution < 1.29 is 14.3 Å². The lowest BCUT2D eigenvalue weighted by Crippen LogP contribution is -2.33. The summed E-state index contributed by atoms with van der Waals surface area (Å²) >= 11 is 0. The molecular formula is C14H21ClN2O3. The number of carbonyl (C=O) groups excluding carboxylic acids is 2. The molecule has 6 heteroatoms. The van der Waals surface area contributed by atoms with E-state index in [0.717, 1.165) is 6.54 Å². The summed E-state index contributed by atoms with van der Waals surface area (Å²) in [5.41, 5.74) is 0.874. The highest BCUT2D eigenvalue weighted by atomic mass is 35.5. The molecule has 0 aliphatic rings. The standard InChI is InChI=1S/C14H20N2O3.ClH/c1-11(17)12-5-3-4-6-13(12)14(18)16-8-7-15-9-10-19-2;/h3-6,15H,7-10H2,1-2H3,(H,16,18);1H. The summed E-state index contributed by atoms with van der Waals surface area (Å²) in [6.45, 7) is 4.02. The minimum absolute atomic E-state index is 0. The van der Waals surface area contributed by atoms with Crippen LogP contribution in [0.4, 0.5) is 0 Å². The van der Waals surface area contributed by atoms with E-state index in [9.17, 15) is 9.59 Å². The molecule has 1 aromatic carbocycles. The Bertz CT molecular complexity index is 438. The van der Waals surface area contributed by atoms with Crippen LogP contribution in [0.15, 0.2) is 24.3 Å². The van der Waals surface area contributed by atoms with Gasteiger partial charge in [0.25, 0.3) is 5.91 Å². The largest absolute Gasteiger partial charge is 0.383 e. The molecule has 0 saturated heterocycles. The van der Waals surface area contributed by atoms with E-state index in [1.807, 2.05) is 0 Å². The van der Waals surface area contributed by atoms with Crippen molar-refractivity contribution >= 4 is 24.1 Å². The Morgan fingerprint density at radius 3 is 2.35 bits per heavy atom. The zero-order valence-electron chi connectivity index (χ0n) is 11.8. The number of methoxy groups -OCH3 is 1. The van der Waals surface area contributed by atoms with Gasteiger partial charge in [0.05, 0.1) is 12.2 Å². The minimum atomic E-state index is -0.223. The molecule has 1 aromatic rings. The number of rotatable bonds is 8. The second kappa shape index (κ2) is 10.4. The molecule has 112 valence electrons. The molecule has 0 bridgehead atoms. The maximum absolute atomic E-state index is 11.9. The van der Waals surface area contributed by atoms with E-state index in [4.69, 9.17) is 4.74 Å². The monoisotopic (exact) mass is 300 g/mol. The molecule has 20 heavy (non-hydrogen) atoms. The molecule has 0 atom stereocenters. The van der Waals surface area contributed by atoms with E-state index in [2.05, 4.69) is 10.6 Å². The summed E-state index contributed by atoms with van der Waals surface area (Å²) in [7, 11) is 1.64. The van der Waals surface area contributed by atoms with E-state index in [-0.39, 0.29) is 24.1 Å². The van der Waals surface area contributed by atoms with Gasteiger partial charge in [0.1, 0.15) is 0 Å². The number of nitrogens with one attached hydrogen (secondary N) is 2. The summed E-state index contributed by atoms with van der Waals surface area (Å²) in [6, 6.07) is 6.82. The molecule has 2 N–H and O–H groups in total. The number of benzene rings is 1. The van der Waals surface area contributed by atoms with Crippen LogP contribution in [0.3, 0.4) is 0 Å². The smallest absolute Gasteiger partial charge is 0.252 e. The van der Waals surface area contributed by atoms with Crippen LogP contribution in [0, 0.1) is 0 Å². The van der Waals surface area contributed by atoms with E-state index >= 15 is 0 Å². The van der Waals surface area contributed by atoms with Crippen molar-refractivity contribution in [1.82, 2.24) is 10.6 Å². The predicted molar refractivity (Wildman–Crippen MR) is 80.8 cm³/mol. The third-order valence-electron chi connectivity index (χ3n) is 2.62. The molecule has 0 aromatic heterocycles. The van der Waals surface area contributed by atoms with E-state index in [1.54, 1.807) is 31.4 Å². The highest BCUT2D eigenvalue weighted by Gasteiger charge is 2.12. The summed E-state index contributed by atoms with van der Waals surface area (Å²) in [5.74, 6) is -0.330. The molecule has 0 aliphatic carbocycles. The van der Waals surface area contributed by atoms with Crippen LogP contribution in [0.25, 0.3) is 0 Å². The topological polar surface area (TPSA) is 67.4 Å². The number of amides is 1. The van der Waals surface area contributed by atoms with Crippen molar-refractivity contribution in [3.05, 3.63) is 35.4 Å². The minimum Gasteiger partial charge on any atom is -0.383 e. The lowest BCUT2D eigenvalue weighted by molar-refractivity contribution is 0.0939. The van der Waals surface area contributed by atoms with Gasteiger partial charge in [0, 0.05) is 32.3 Å². The Hall–Kier alpha value is -1.43. The van der Waals surface area contributed by atoms with Crippen LogP contribution < -0.4 is 10.6 Å². The first kappa shape index (κ1) is 18.6. The number of ketones is 1. The predicted octanol–water partition coefficient (Wildman–Crippen LogP) is 1.28. The van der Waals surface area contributed by atoms with Crippen molar-refractivity contribution in [3.8, 4) is 0 Å². The van der Waals surface area contributed by atoms with Crippen molar-refractivity contribution in [2.45, 2.75) is 6.92 Å². The first-order valence-electron chi connectivity index (χ1n) is 6.24. The highest BCUT2D eigenvalue weighted by molar-refractivity contribution is 6.07.